The van der Waals surface area contributed by atoms with Gasteiger partial charge in [0.25, 0.3) is 0 Å². The molecular weight excluding hydrogens is 252 g/mol. The van der Waals surface area contributed by atoms with Gasteiger partial charge < -0.3 is 5.11 Å². The third-order valence-corrected chi connectivity index (χ3v) is 3.30. The van der Waals surface area contributed by atoms with E-state index in [4.69, 9.17) is 5.11 Å². The Morgan fingerprint density at radius 1 is 1.10 bits per heavy atom. The van der Waals surface area contributed by atoms with Gasteiger partial charge >= 0.3 is 5.97 Å². The van der Waals surface area contributed by atoms with Crippen molar-refractivity contribution in [2.75, 3.05) is 0 Å². The number of fused-ring (bicyclic) bond motifs is 1. The number of hydrogen-bond donors (Lipinski definition) is 1. The maximum atomic E-state index is 10.6. The first-order valence-corrected chi connectivity index (χ1v) is 6.47. The third kappa shape index (κ3) is 2.40. The Balaban J connectivity index is 1.89. The fourth-order valence-corrected chi connectivity index (χ4v) is 2.24. The van der Waals surface area contributed by atoms with Gasteiger partial charge in [0.2, 0.25) is 0 Å². The standard InChI is InChI=1S/C16H14N2O2/c19-16(20)10-7-12-5-8-13(9-6-12)18-11-17-14-3-1-2-4-15(14)18/h1-6,8-9,11H,7,10H2,(H,19,20). The predicted octanol–water partition coefficient (Wildman–Crippen LogP) is 3.04. The van der Waals surface area contributed by atoms with Crippen LogP contribution in [0.4, 0.5) is 0 Å². The lowest BCUT2D eigenvalue weighted by atomic mass is 10.1. The molecule has 0 aliphatic heterocycles. The van der Waals surface area contributed by atoms with E-state index in [1.54, 1.807) is 6.33 Å². The molecule has 3 rings (SSSR count). The van der Waals surface area contributed by atoms with E-state index >= 15 is 0 Å². The number of carboxylic acid groups (broad SMARTS) is 1. The van der Waals surface area contributed by atoms with Crippen LogP contribution >= 0.6 is 0 Å². The van der Waals surface area contributed by atoms with Crippen LogP contribution < -0.4 is 0 Å². The summed E-state index contributed by atoms with van der Waals surface area (Å²) in [6.07, 6.45) is 2.52. The highest BCUT2D eigenvalue weighted by Crippen LogP contribution is 2.18. The number of aryl methyl sites for hydroxylation is 1. The van der Waals surface area contributed by atoms with E-state index < -0.39 is 5.97 Å². The number of aliphatic carboxylic acids is 1. The molecule has 0 saturated carbocycles. The van der Waals surface area contributed by atoms with Crippen LogP contribution in [0.25, 0.3) is 16.7 Å². The number of imidazole rings is 1. The summed E-state index contributed by atoms with van der Waals surface area (Å²) in [4.78, 5) is 14.9. The molecule has 2 aromatic carbocycles. The second kappa shape index (κ2) is 5.17. The van der Waals surface area contributed by atoms with Gasteiger partial charge in [-0.25, -0.2) is 4.98 Å². The minimum atomic E-state index is -0.769. The highest BCUT2D eigenvalue weighted by Gasteiger charge is 2.04. The largest absolute Gasteiger partial charge is 0.481 e. The minimum Gasteiger partial charge on any atom is -0.481 e. The van der Waals surface area contributed by atoms with E-state index in [0.717, 1.165) is 22.3 Å². The van der Waals surface area contributed by atoms with Gasteiger partial charge in [-0.1, -0.05) is 24.3 Å². The van der Waals surface area contributed by atoms with Gasteiger partial charge in [0.1, 0.15) is 6.33 Å². The summed E-state index contributed by atoms with van der Waals surface area (Å²) >= 11 is 0. The smallest absolute Gasteiger partial charge is 0.303 e. The van der Waals surface area contributed by atoms with E-state index in [1.165, 1.54) is 0 Å². The van der Waals surface area contributed by atoms with Crippen LogP contribution in [0.5, 0.6) is 0 Å². The van der Waals surface area contributed by atoms with Crippen molar-refractivity contribution >= 4 is 17.0 Å². The maximum Gasteiger partial charge on any atom is 0.303 e. The molecule has 0 spiro atoms. The van der Waals surface area contributed by atoms with Crippen LogP contribution in [0, 0.1) is 0 Å². The molecule has 0 aliphatic rings. The van der Waals surface area contributed by atoms with Crippen LogP contribution in [0.1, 0.15) is 12.0 Å². The van der Waals surface area contributed by atoms with Gasteiger partial charge in [0.15, 0.2) is 0 Å². The van der Waals surface area contributed by atoms with E-state index in [0.29, 0.717) is 6.42 Å². The number of carboxylic acids is 1. The van der Waals surface area contributed by atoms with Crippen molar-refractivity contribution in [1.82, 2.24) is 9.55 Å². The molecular formula is C16H14N2O2. The van der Waals surface area contributed by atoms with Crippen LogP contribution in [-0.2, 0) is 11.2 Å². The molecule has 1 aromatic heterocycles. The van der Waals surface area contributed by atoms with E-state index in [1.807, 2.05) is 53.1 Å². The molecule has 0 atom stereocenters. The third-order valence-electron chi connectivity index (χ3n) is 3.30. The summed E-state index contributed by atoms with van der Waals surface area (Å²) in [6, 6.07) is 15.9. The molecule has 0 radical (unpaired) electrons. The zero-order valence-corrected chi connectivity index (χ0v) is 10.9. The normalized spacial score (nSPS) is 10.8. The number of para-hydroxylation sites is 2. The zero-order chi connectivity index (χ0) is 13.9. The topological polar surface area (TPSA) is 55.1 Å². The lowest BCUT2D eigenvalue weighted by molar-refractivity contribution is -0.136. The van der Waals surface area contributed by atoms with Gasteiger partial charge in [-0.05, 0) is 36.2 Å². The Kier molecular flexibility index (Phi) is 3.21. The van der Waals surface area contributed by atoms with Gasteiger partial charge in [0, 0.05) is 12.1 Å². The summed E-state index contributed by atoms with van der Waals surface area (Å²) in [5, 5.41) is 8.69. The van der Waals surface area contributed by atoms with Crippen molar-refractivity contribution in [3.8, 4) is 5.69 Å². The number of hydrogen-bond acceptors (Lipinski definition) is 2. The molecule has 0 aliphatic carbocycles. The summed E-state index contributed by atoms with van der Waals surface area (Å²) in [7, 11) is 0. The molecule has 0 fully saturated rings. The van der Waals surface area contributed by atoms with Crippen molar-refractivity contribution in [1.29, 1.82) is 0 Å². The summed E-state index contributed by atoms with van der Waals surface area (Å²) in [6.45, 7) is 0. The Morgan fingerprint density at radius 2 is 1.85 bits per heavy atom. The fraction of sp³-hybridized carbons (Fsp3) is 0.125. The quantitative estimate of drug-likeness (QED) is 0.789. The molecule has 1 N–H and O–H groups in total. The lowest BCUT2D eigenvalue weighted by Gasteiger charge is -2.05. The Bertz CT molecular complexity index is 745. The maximum absolute atomic E-state index is 10.6. The van der Waals surface area contributed by atoms with Crippen LogP contribution in [0.15, 0.2) is 54.9 Å². The number of rotatable bonds is 4. The van der Waals surface area contributed by atoms with Gasteiger partial charge in [0.05, 0.1) is 11.0 Å². The molecule has 0 saturated heterocycles. The number of carbonyl (C=O) groups is 1. The first-order chi connectivity index (χ1) is 9.74. The highest BCUT2D eigenvalue weighted by atomic mass is 16.4. The molecule has 20 heavy (non-hydrogen) atoms. The fourth-order valence-electron chi connectivity index (χ4n) is 2.24. The van der Waals surface area contributed by atoms with Crippen LogP contribution in [-0.4, -0.2) is 20.6 Å². The van der Waals surface area contributed by atoms with Crippen molar-refractivity contribution in [2.24, 2.45) is 0 Å². The highest BCUT2D eigenvalue weighted by molar-refractivity contribution is 5.77. The first-order valence-electron chi connectivity index (χ1n) is 6.47. The summed E-state index contributed by atoms with van der Waals surface area (Å²) in [5.74, 6) is -0.769. The monoisotopic (exact) mass is 266 g/mol. The first kappa shape index (κ1) is 12.4. The van der Waals surface area contributed by atoms with Crippen molar-refractivity contribution in [2.45, 2.75) is 12.8 Å². The van der Waals surface area contributed by atoms with E-state index in [-0.39, 0.29) is 6.42 Å². The summed E-state index contributed by atoms with van der Waals surface area (Å²) in [5.41, 5.74) is 4.08. The molecule has 3 aromatic rings. The Morgan fingerprint density at radius 3 is 2.60 bits per heavy atom. The second-order valence-corrected chi connectivity index (χ2v) is 4.66. The number of benzene rings is 2. The lowest BCUT2D eigenvalue weighted by Crippen LogP contribution is -1.98. The number of aromatic nitrogens is 2. The minimum absolute atomic E-state index is 0.160. The zero-order valence-electron chi connectivity index (χ0n) is 10.9. The second-order valence-electron chi connectivity index (χ2n) is 4.66. The molecule has 100 valence electrons. The molecule has 0 amide bonds. The Labute approximate surface area is 116 Å². The molecule has 4 nitrogen and oxygen atoms in total. The van der Waals surface area contributed by atoms with E-state index in [2.05, 4.69) is 4.98 Å². The van der Waals surface area contributed by atoms with Crippen LogP contribution in [0.2, 0.25) is 0 Å². The molecule has 0 unspecified atom stereocenters. The van der Waals surface area contributed by atoms with E-state index in [9.17, 15) is 4.79 Å². The summed E-state index contributed by atoms with van der Waals surface area (Å²) < 4.78 is 2.02. The van der Waals surface area contributed by atoms with Crippen molar-refractivity contribution in [3.05, 3.63) is 60.4 Å². The van der Waals surface area contributed by atoms with Gasteiger partial charge in [-0.15, -0.1) is 0 Å². The van der Waals surface area contributed by atoms with Gasteiger partial charge in [-0.3, -0.25) is 9.36 Å². The molecule has 4 heteroatoms. The Hall–Kier alpha value is -2.62. The van der Waals surface area contributed by atoms with Crippen LogP contribution in [0.3, 0.4) is 0 Å². The average Bonchev–Trinajstić information content (AvgIpc) is 2.89. The number of nitrogens with zero attached hydrogens (tertiary/aromatic N) is 2. The SMILES string of the molecule is O=C(O)CCc1ccc(-n2cnc3ccccc32)cc1. The average molecular weight is 266 g/mol. The van der Waals surface area contributed by atoms with Crippen molar-refractivity contribution in [3.63, 3.8) is 0 Å². The van der Waals surface area contributed by atoms with Gasteiger partial charge in [-0.2, -0.15) is 0 Å². The predicted molar refractivity (Wildman–Crippen MR) is 77.0 cm³/mol. The molecule has 1 heterocycles. The van der Waals surface area contributed by atoms with Crippen molar-refractivity contribution < 1.29 is 9.90 Å². The molecule has 0 bridgehead atoms.